The number of nitro groups is 1. The molecule has 1 aromatic heterocycles. The van der Waals surface area contributed by atoms with Crippen molar-refractivity contribution in [3.63, 3.8) is 0 Å². The quantitative estimate of drug-likeness (QED) is 0.570. The van der Waals surface area contributed by atoms with Gasteiger partial charge in [0.05, 0.1) is 4.92 Å². The third kappa shape index (κ3) is 3.10. The smallest absolute Gasteiger partial charge is 0.269 e. The Balaban J connectivity index is 2.21. The van der Waals surface area contributed by atoms with Gasteiger partial charge in [-0.15, -0.1) is 0 Å². The highest BCUT2D eigenvalue weighted by molar-refractivity contribution is 5.77. The van der Waals surface area contributed by atoms with Crippen molar-refractivity contribution in [3.8, 4) is 28.5 Å². The largest absolute Gasteiger partial charge is 0.321 e. The van der Waals surface area contributed by atoms with Gasteiger partial charge < -0.3 is 4.98 Å². The molecule has 0 saturated heterocycles. The molecule has 128 valence electrons. The molecule has 0 bridgehead atoms. The molecule has 26 heavy (non-hydrogen) atoms. The maximum atomic E-state index is 12.4. The molecule has 6 nitrogen and oxygen atoms in total. The van der Waals surface area contributed by atoms with E-state index in [1.807, 2.05) is 38.1 Å². The summed E-state index contributed by atoms with van der Waals surface area (Å²) < 4.78 is 0. The Bertz CT molecular complexity index is 1110. The molecule has 0 atom stereocenters. The van der Waals surface area contributed by atoms with Crippen molar-refractivity contribution < 1.29 is 4.92 Å². The predicted molar refractivity (Wildman–Crippen MR) is 98.8 cm³/mol. The fraction of sp³-hybridized carbons (Fsp3) is 0.100. The topological polar surface area (TPSA) is 99.8 Å². The lowest BCUT2D eigenvalue weighted by molar-refractivity contribution is -0.384. The molecule has 0 saturated carbocycles. The lowest BCUT2D eigenvalue weighted by Crippen LogP contribution is -2.13. The molecule has 0 amide bonds. The first-order valence-corrected chi connectivity index (χ1v) is 7.90. The SMILES string of the molecule is Cc1ccc(-c2cc(-c3ccc([N+](=O)[O-])cc3)[nH]c(=O)c2C#N)c(C)c1. The van der Waals surface area contributed by atoms with Gasteiger partial charge in [-0.1, -0.05) is 23.8 Å². The van der Waals surface area contributed by atoms with Crippen LogP contribution in [0.25, 0.3) is 22.4 Å². The van der Waals surface area contributed by atoms with Crippen molar-refractivity contribution in [2.45, 2.75) is 13.8 Å². The van der Waals surface area contributed by atoms with Crippen LogP contribution in [0.5, 0.6) is 0 Å². The van der Waals surface area contributed by atoms with Crippen LogP contribution < -0.4 is 5.56 Å². The van der Waals surface area contributed by atoms with E-state index in [1.165, 1.54) is 12.1 Å². The monoisotopic (exact) mass is 345 g/mol. The van der Waals surface area contributed by atoms with Crippen LogP contribution in [0.15, 0.2) is 53.3 Å². The maximum Gasteiger partial charge on any atom is 0.269 e. The van der Waals surface area contributed by atoms with Crippen molar-refractivity contribution in [3.05, 3.63) is 85.7 Å². The third-order valence-electron chi connectivity index (χ3n) is 4.21. The first-order chi connectivity index (χ1) is 12.4. The molecule has 0 fully saturated rings. The summed E-state index contributed by atoms with van der Waals surface area (Å²) in [5, 5.41) is 20.2. The predicted octanol–water partition coefficient (Wildman–Crippen LogP) is 4.11. The second kappa shape index (κ2) is 6.65. The number of nitriles is 1. The Hall–Kier alpha value is -3.72. The summed E-state index contributed by atoms with van der Waals surface area (Å²) in [7, 11) is 0. The van der Waals surface area contributed by atoms with Gasteiger partial charge in [-0.3, -0.25) is 14.9 Å². The zero-order valence-corrected chi connectivity index (χ0v) is 14.2. The summed E-state index contributed by atoms with van der Waals surface area (Å²) in [5.41, 5.74) is 4.05. The Morgan fingerprint density at radius 1 is 1.04 bits per heavy atom. The molecule has 0 unspecified atom stereocenters. The molecule has 6 heteroatoms. The Labute approximate surface area is 149 Å². The maximum absolute atomic E-state index is 12.4. The average Bonchev–Trinajstić information content (AvgIpc) is 2.61. The molecule has 0 radical (unpaired) electrons. The summed E-state index contributed by atoms with van der Waals surface area (Å²) >= 11 is 0. The van der Waals surface area contributed by atoms with Gasteiger partial charge in [0, 0.05) is 23.4 Å². The van der Waals surface area contributed by atoms with Crippen LogP contribution in [0.1, 0.15) is 16.7 Å². The minimum absolute atomic E-state index is 0.0284. The summed E-state index contributed by atoms with van der Waals surface area (Å²) in [6.07, 6.45) is 0. The number of hydrogen-bond donors (Lipinski definition) is 1. The number of hydrogen-bond acceptors (Lipinski definition) is 4. The Kier molecular flexibility index (Phi) is 4.38. The highest BCUT2D eigenvalue weighted by Crippen LogP contribution is 2.29. The molecule has 0 aliphatic heterocycles. The first kappa shape index (κ1) is 17.1. The number of H-pyrrole nitrogens is 1. The van der Waals surface area contributed by atoms with Crippen LogP contribution in [0.3, 0.4) is 0 Å². The van der Waals surface area contributed by atoms with Crippen LogP contribution >= 0.6 is 0 Å². The summed E-state index contributed by atoms with van der Waals surface area (Å²) in [4.78, 5) is 25.4. The van der Waals surface area contributed by atoms with Crippen LogP contribution in [0.2, 0.25) is 0 Å². The van der Waals surface area contributed by atoms with E-state index in [2.05, 4.69) is 4.98 Å². The van der Waals surface area contributed by atoms with E-state index in [-0.39, 0.29) is 11.3 Å². The Morgan fingerprint density at radius 3 is 2.31 bits per heavy atom. The van der Waals surface area contributed by atoms with Crippen LogP contribution in [-0.4, -0.2) is 9.91 Å². The number of non-ortho nitro benzene ring substituents is 1. The fourth-order valence-electron chi connectivity index (χ4n) is 2.92. The average molecular weight is 345 g/mol. The fourth-order valence-corrected chi connectivity index (χ4v) is 2.92. The molecular formula is C20H15N3O3. The van der Waals surface area contributed by atoms with Crippen molar-refractivity contribution in [1.82, 2.24) is 4.98 Å². The van der Waals surface area contributed by atoms with Crippen molar-refractivity contribution in [2.75, 3.05) is 0 Å². The van der Waals surface area contributed by atoms with E-state index in [9.17, 15) is 20.2 Å². The van der Waals surface area contributed by atoms with Crippen LogP contribution in [0.4, 0.5) is 5.69 Å². The highest BCUT2D eigenvalue weighted by Gasteiger charge is 2.15. The van der Waals surface area contributed by atoms with Gasteiger partial charge in [-0.2, -0.15) is 5.26 Å². The zero-order valence-electron chi connectivity index (χ0n) is 14.2. The first-order valence-electron chi connectivity index (χ1n) is 7.90. The second-order valence-electron chi connectivity index (χ2n) is 6.03. The summed E-state index contributed by atoms with van der Waals surface area (Å²) in [6, 6.07) is 15.4. The van der Waals surface area contributed by atoms with Gasteiger partial charge in [0.15, 0.2) is 0 Å². The molecule has 0 aliphatic carbocycles. The summed E-state index contributed by atoms with van der Waals surface area (Å²) in [6.45, 7) is 3.90. The van der Waals surface area contributed by atoms with Crippen LogP contribution in [-0.2, 0) is 0 Å². The number of aromatic nitrogens is 1. The number of rotatable bonds is 3. The number of nitrogens with zero attached hydrogens (tertiary/aromatic N) is 2. The molecule has 3 aromatic rings. The number of benzene rings is 2. The molecular weight excluding hydrogens is 330 g/mol. The highest BCUT2D eigenvalue weighted by atomic mass is 16.6. The van der Waals surface area contributed by atoms with E-state index < -0.39 is 10.5 Å². The van der Waals surface area contributed by atoms with Crippen LogP contribution in [0, 0.1) is 35.3 Å². The normalized spacial score (nSPS) is 10.3. The number of aryl methyl sites for hydroxylation is 2. The standard InChI is InChI=1S/C20H15N3O3/c1-12-3-8-16(13(2)9-12)17-10-19(22-20(24)18(17)11-21)14-4-6-15(7-5-14)23(25)26/h3-10H,1-2H3,(H,22,24). The lowest BCUT2D eigenvalue weighted by Gasteiger charge is -2.11. The van der Waals surface area contributed by atoms with Gasteiger partial charge >= 0.3 is 0 Å². The minimum atomic E-state index is -0.488. The molecule has 1 N–H and O–H groups in total. The van der Waals surface area contributed by atoms with E-state index >= 15 is 0 Å². The van der Waals surface area contributed by atoms with Gasteiger partial charge in [0.2, 0.25) is 0 Å². The molecule has 2 aromatic carbocycles. The third-order valence-corrected chi connectivity index (χ3v) is 4.21. The molecule has 3 rings (SSSR count). The van der Waals surface area contributed by atoms with Gasteiger partial charge in [0.25, 0.3) is 11.2 Å². The van der Waals surface area contributed by atoms with Crippen molar-refractivity contribution in [2.24, 2.45) is 0 Å². The van der Waals surface area contributed by atoms with E-state index in [0.717, 1.165) is 16.7 Å². The van der Waals surface area contributed by atoms with Crippen molar-refractivity contribution >= 4 is 5.69 Å². The molecule has 0 spiro atoms. The van der Waals surface area contributed by atoms with Gasteiger partial charge in [0.1, 0.15) is 11.6 Å². The van der Waals surface area contributed by atoms with E-state index in [1.54, 1.807) is 18.2 Å². The number of pyridine rings is 1. The molecule has 1 heterocycles. The summed E-state index contributed by atoms with van der Waals surface area (Å²) in [5.74, 6) is 0. The number of nitro benzene ring substituents is 1. The Morgan fingerprint density at radius 2 is 1.73 bits per heavy atom. The van der Waals surface area contributed by atoms with Gasteiger partial charge in [-0.25, -0.2) is 0 Å². The number of aromatic amines is 1. The number of nitrogens with one attached hydrogen (secondary N) is 1. The zero-order chi connectivity index (χ0) is 18.8. The molecule has 0 aliphatic rings. The minimum Gasteiger partial charge on any atom is -0.321 e. The van der Waals surface area contributed by atoms with E-state index in [0.29, 0.717) is 16.8 Å². The lowest BCUT2D eigenvalue weighted by atomic mass is 9.94. The van der Waals surface area contributed by atoms with Gasteiger partial charge in [-0.05, 0) is 48.7 Å². The van der Waals surface area contributed by atoms with E-state index in [4.69, 9.17) is 0 Å². The van der Waals surface area contributed by atoms with Crippen molar-refractivity contribution in [1.29, 1.82) is 5.26 Å². The second-order valence-corrected chi connectivity index (χ2v) is 6.03.